The summed E-state index contributed by atoms with van der Waals surface area (Å²) in [5.74, 6) is -3.06. The molecule has 0 bridgehead atoms. The minimum atomic E-state index is -4.96. The molecule has 0 saturated heterocycles. The molecule has 0 aliphatic rings. The molecule has 0 aromatic carbocycles. The third-order valence-electron chi connectivity index (χ3n) is 2.81. The number of carbonyl (C=O) groups is 2. The SMILES string of the molecule is C=CCOC(=O)C(CCCCC)(CC(=O)[O-])S(=O)(=O)O.[Na+]. The molecule has 116 valence electrons. The van der Waals surface area contributed by atoms with E-state index in [1.165, 1.54) is 6.08 Å². The fourth-order valence-corrected chi connectivity index (χ4v) is 2.72. The molecule has 0 aromatic rings. The van der Waals surface area contributed by atoms with Crippen molar-refractivity contribution in [3.8, 4) is 0 Å². The zero-order valence-electron chi connectivity index (χ0n) is 12.3. The van der Waals surface area contributed by atoms with Crippen LogP contribution in [0.4, 0.5) is 0 Å². The largest absolute Gasteiger partial charge is 1.00 e. The number of rotatable bonds is 10. The number of carboxylic acids is 1. The van der Waals surface area contributed by atoms with Gasteiger partial charge in [0.1, 0.15) is 6.61 Å². The Hall–Kier alpha value is -0.410. The van der Waals surface area contributed by atoms with E-state index in [2.05, 4.69) is 11.3 Å². The summed E-state index contributed by atoms with van der Waals surface area (Å²) in [6.07, 6.45) is 1.28. The van der Waals surface area contributed by atoms with Crippen molar-refractivity contribution >= 4 is 22.1 Å². The van der Waals surface area contributed by atoms with Crippen LogP contribution in [0.25, 0.3) is 0 Å². The topological polar surface area (TPSA) is 121 Å². The first-order valence-corrected chi connectivity index (χ1v) is 7.60. The Morgan fingerprint density at radius 3 is 2.33 bits per heavy atom. The average Bonchev–Trinajstić information content (AvgIpc) is 2.32. The van der Waals surface area contributed by atoms with Gasteiger partial charge in [-0.15, -0.1) is 0 Å². The van der Waals surface area contributed by atoms with Gasteiger partial charge in [0.25, 0.3) is 10.1 Å². The van der Waals surface area contributed by atoms with Crippen LogP contribution < -0.4 is 34.7 Å². The number of unbranched alkanes of at least 4 members (excludes halogenated alkanes) is 2. The molecule has 9 heteroatoms. The van der Waals surface area contributed by atoms with E-state index in [4.69, 9.17) is 0 Å². The predicted octanol–water partition coefficient (Wildman–Crippen LogP) is -2.93. The summed E-state index contributed by atoms with van der Waals surface area (Å²) in [7, 11) is -4.96. The summed E-state index contributed by atoms with van der Waals surface area (Å²) < 4.78 is 34.5. The molecule has 0 amide bonds. The van der Waals surface area contributed by atoms with E-state index in [-0.39, 0.29) is 49.0 Å². The van der Waals surface area contributed by atoms with Crippen molar-refractivity contribution in [3.63, 3.8) is 0 Å². The Morgan fingerprint density at radius 1 is 1.38 bits per heavy atom. The smallest absolute Gasteiger partial charge is 0.550 e. The number of ether oxygens (including phenoxy) is 1. The molecule has 7 nitrogen and oxygen atoms in total. The molecule has 0 heterocycles. The summed E-state index contributed by atoms with van der Waals surface area (Å²) in [4.78, 5) is 22.7. The first kappa shape index (κ1) is 22.9. The summed E-state index contributed by atoms with van der Waals surface area (Å²) >= 11 is 0. The van der Waals surface area contributed by atoms with Crippen LogP contribution in [0.2, 0.25) is 0 Å². The van der Waals surface area contributed by atoms with Gasteiger partial charge in [0.15, 0.2) is 4.75 Å². The van der Waals surface area contributed by atoms with Crippen LogP contribution in [0.15, 0.2) is 12.7 Å². The fourth-order valence-electron chi connectivity index (χ4n) is 1.75. The van der Waals surface area contributed by atoms with Gasteiger partial charge in [-0.25, -0.2) is 0 Å². The van der Waals surface area contributed by atoms with Gasteiger partial charge in [-0.3, -0.25) is 9.35 Å². The first-order valence-electron chi connectivity index (χ1n) is 6.16. The summed E-state index contributed by atoms with van der Waals surface area (Å²) in [6.45, 7) is 4.87. The number of esters is 1. The Balaban J connectivity index is 0. The van der Waals surface area contributed by atoms with Gasteiger partial charge < -0.3 is 14.6 Å². The summed E-state index contributed by atoms with van der Waals surface area (Å²) in [6, 6.07) is 0. The van der Waals surface area contributed by atoms with Crippen LogP contribution in [0.1, 0.15) is 39.0 Å². The Kier molecular flexibility index (Phi) is 11.3. The normalized spacial score (nSPS) is 13.6. The second kappa shape index (κ2) is 10.3. The second-order valence-corrected chi connectivity index (χ2v) is 6.09. The number of carboxylic acid groups (broad SMARTS) is 1. The van der Waals surface area contributed by atoms with Crippen molar-refractivity contribution in [2.75, 3.05) is 6.61 Å². The third-order valence-corrected chi connectivity index (χ3v) is 4.31. The van der Waals surface area contributed by atoms with Crippen LogP contribution >= 0.6 is 0 Å². The molecule has 21 heavy (non-hydrogen) atoms. The van der Waals surface area contributed by atoms with Gasteiger partial charge in [-0.1, -0.05) is 38.8 Å². The van der Waals surface area contributed by atoms with Crippen LogP contribution in [-0.4, -0.2) is 36.3 Å². The molecule has 0 aliphatic carbocycles. The maximum Gasteiger partial charge on any atom is 1.00 e. The van der Waals surface area contributed by atoms with Crippen molar-refractivity contribution in [2.45, 2.75) is 43.8 Å². The molecular weight excluding hydrogens is 311 g/mol. The van der Waals surface area contributed by atoms with Crippen molar-refractivity contribution in [1.82, 2.24) is 0 Å². The van der Waals surface area contributed by atoms with Gasteiger partial charge in [0.05, 0.1) is 0 Å². The molecule has 0 aliphatic heterocycles. The zero-order valence-corrected chi connectivity index (χ0v) is 15.1. The molecular formula is C12H19NaO7S. The van der Waals surface area contributed by atoms with Crippen LogP contribution in [-0.2, 0) is 24.4 Å². The van der Waals surface area contributed by atoms with Crippen LogP contribution in [0.3, 0.4) is 0 Å². The monoisotopic (exact) mass is 330 g/mol. The predicted molar refractivity (Wildman–Crippen MR) is 69.2 cm³/mol. The molecule has 1 N–H and O–H groups in total. The van der Waals surface area contributed by atoms with Crippen LogP contribution in [0, 0.1) is 0 Å². The fraction of sp³-hybridized carbons (Fsp3) is 0.667. The van der Waals surface area contributed by atoms with Gasteiger partial charge in [-0.05, 0) is 6.42 Å². The number of carbonyl (C=O) groups excluding carboxylic acids is 2. The van der Waals surface area contributed by atoms with Gasteiger partial charge >= 0.3 is 35.5 Å². The standard InChI is InChI=1S/C12H20O7S.Na/c1-3-5-6-7-12(9-10(13)14,20(16,17)18)11(15)19-8-4-2;/h4H,2-3,5-9H2,1H3,(H,13,14)(H,16,17,18);/q;+1/p-1. The summed E-state index contributed by atoms with van der Waals surface area (Å²) in [5.41, 5.74) is 0. The Labute approximate surface area is 146 Å². The third kappa shape index (κ3) is 6.92. The summed E-state index contributed by atoms with van der Waals surface area (Å²) in [5, 5.41) is 10.8. The molecule has 0 radical (unpaired) electrons. The van der Waals surface area contributed by atoms with Crippen molar-refractivity contribution in [3.05, 3.63) is 12.7 Å². The quantitative estimate of drug-likeness (QED) is 0.150. The van der Waals surface area contributed by atoms with E-state index < -0.39 is 33.2 Å². The Morgan fingerprint density at radius 2 is 1.95 bits per heavy atom. The molecule has 0 saturated carbocycles. The van der Waals surface area contributed by atoms with E-state index >= 15 is 0 Å². The maximum atomic E-state index is 11.9. The van der Waals surface area contributed by atoms with Crippen molar-refractivity contribution < 1.29 is 62.0 Å². The number of hydrogen-bond acceptors (Lipinski definition) is 6. The van der Waals surface area contributed by atoms with Crippen LogP contribution in [0.5, 0.6) is 0 Å². The van der Waals surface area contributed by atoms with E-state index in [1.807, 2.05) is 6.92 Å². The van der Waals surface area contributed by atoms with E-state index in [0.29, 0.717) is 6.42 Å². The van der Waals surface area contributed by atoms with E-state index in [9.17, 15) is 27.7 Å². The number of hydrogen-bond donors (Lipinski definition) is 1. The molecule has 1 unspecified atom stereocenters. The van der Waals surface area contributed by atoms with E-state index in [0.717, 1.165) is 6.42 Å². The first-order chi connectivity index (χ1) is 9.21. The van der Waals surface area contributed by atoms with Crippen molar-refractivity contribution in [2.24, 2.45) is 0 Å². The molecule has 0 fully saturated rings. The average molecular weight is 330 g/mol. The van der Waals surface area contributed by atoms with Gasteiger partial charge in [-0.2, -0.15) is 8.42 Å². The van der Waals surface area contributed by atoms with Crippen molar-refractivity contribution in [1.29, 1.82) is 0 Å². The molecule has 1 atom stereocenters. The maximum absolute atomic E-state index is 11.9. The van der Waals surface area contributed by atoms with Gasteiger partial charge in [0.2, 0.25) is 0 Å². The number of aliphatic carboxylic acids is 1. The second-order valence-electron chi connectivity index (χ2n) is 4.36. The molecule has 0 aromatic heterocycles. The molecule has 0 spiro atoms. The zero-order chi connectivity index (χ0) is 15.8. The minimum Gasteiger partial charge on any atom is -0.550 e. The minimum absolute atomic E-state index is 0. The van der Waals surface area contributed by atoms with Gasteiger partial charge in [0, 0.05) is 12.4 Å². The van der Waals surface area contributed by atoms with E-state index in [1.54, 1.807) is 0 Å². The molecule has 0 rings (SSSR count). The Bertz CT molecular complexity index is 460.